The van der Waals surface area contributed by atoms with Gasteiger partial charge in [0.25, 0.3) is 0 Å². The Kier molecular flexibility index (Phi) is 4.10. The summed E-state index contributed by atoms with van der Waals surface area (Å²) in [4.78, 5) is 0. The molecule has 0 radical (unpaired) electrons. The van der Waals surface area contributed by atoms with Crippen LogP contribution in [0.3, 0.4) is 0 Å². The van der Waals surface area contributed by atoms with Crippen LogP contribution in [-0.4, -0.2) is 23.3 Å². The highest BCUT2D eigenvalue weighted by molar-refractivity contribution is 7.84. The first-order chi connectivity index (χ1) is 6.63. The van der Waals surface area contributed by atoms with E-state index in [2.05, 4.69) is 0 Å². The van der Waals surface area contributed by atoms with E-state index in [0.29, 0.717) is 5.75 Å². The van der Waals surface area contributed by atoms with E-state index in [-0.39, 0.29) is 6.04 Å². The molecule has 0 aliphatic carbocycles. The van der Waals surface area contributed by atoms with Gasteiger partial charge in [0.1, 0.15) is 5.75 Å². The molecule has 0 spiro atoms. The zero-order valence-corrected chi connectivity index (χ0v) is 9.21. The van der Waals surface area contributed by atoms with Gasteiger partial charge in [-0.3, -0.25) is 4.21 Å². The lowest BCUT2D eigenvalue weighted by molar-refractivity contribution is 0.414. The van der Waals surface area contributed by atoms with Crippen molar-refractivity contribution in [2.24, 2.45) is 5.73 Å². The zero-order chi connectivity index (χ0) is 10.6. The second-order valence-corrected chi connectivity index (χ2v) is 4.60. The van der Waals surface area contributed by atoms with Gasteiger partial charge < -0.3 is 10.5 Å². The number of rotatable bonds is 4. The highest BCUT2D eigenvalue weighted by atomic mass is 32.2. The topological polar surface area (TPSA) is 52.3 Å². The van der Waals surface area contributed by atoms with Gasteiger partial charge in [-0.1, -0.05) is 12.1 Å². The van der Waals surface area contributed by atoms with Crippen LogP contribution in [0.1, 0.15) is 11.6 Å². The fourth-order valence-electron chi connectivity index (χ4n) is 1.22. The maximum Gasteiger partial charge on any atom is 0.119 e. The fourth-order valence-corrected chi connectivity index (χ4v) is 1.92. The van der Waals surface area contributed by atoms with E-state index in [1.807, 2.05) is 24.3 Å². The van der Waals surface area contributed by atoms with E-state index >= 15 is 0 Å². The summed E-state index contributed by atoms with van der Waals surface area (Å²) in [6, 6.07) is 7.35. The van der Waals surface area contributed by atoms with Crippen LogP contribution >= 0.6 is 0 Å². The van der Waals surface area contributed by atoms with Crippen LogP contribution in [0.25, 0.3) is 0 Å². The molecule has 0 saturated heterocycles. The van der Waals surface area contributed by atoms with E-state index in [0.717, 1.165) is 11.3 Å². The molecule has 2 atom stereocenters. The first-order valence-electron chi connectivity index (χ1n) is 4.33. The largest absolute Gasteiger partial charge is 0.497 e. The normalized spacial score (nSPS) is 14.8. The van der Waals surface area contributed by atoms with Crippen LogP contribution < -0.4 is 10.5 Å². The van der Waals surface area contributed by atoms with E-state index in [4.69, 9.17) is 10.5 Å². The number of methoxy groups -OCH3 is 1. The Morgan fingerprint density at radius 2 is 2.29 bits per heavy atom. The molecule has 0 fully saturated rings. The third-order valence-electron chi connectivity index (χ3n) is 1.94. The van der Waals surface area contributed by atoms with Crippen molar-refractivity contribution in [2.45, 2.75) is 6.04 Å². The molecule has 1 aromatic carbocycles. The first-order valence-corrected chi connectivity index (χ1v) is 6.05. The minimum absolute atomic E-state index is 0.184. The van der Waals surface area contributed by atoms with Crippen molar-refractivity contribution in [3.8, 4) is 5.75 Å². The van der Waals surface area contributed by atoms with E-state index in [1.54, 1.807) is 13.4 Å². The summed E-state index contributed by atoms with van der Waals surface area (Å²) in [5, 5.41) is 0. The summed E-state index contributed by atoms with van der Waals surface area (Å²) in [6.45, 7) is 0. The van der Waals surface area contributed by atoms with Crippen molar-refractivity contribution in [1.29, 1.82) is 0 Å². The Morgan fingerprint density at radius 3 is 2.86 bits per heavy atom. The minimum Gasteiger partial charge on any atom is -0.497 e. The molecule has 0 aliphatic heterocycles. The Balaban J connectivity index is 2.78. The maximum atomic E-state index is 11.0. The van der Waals surface area contributed by atoms with Crippen LogP contribution in [0, 0.1) is 0 Å². The molecule has 4 heteroatoms. The van der Waals surface area contributed by atoms with E-state index < -0.39 is 10.8 Å². The lowest BCUT2D eigenvalue weighted by atomic mass is 10.1. The van der Waals surface area contributed by atoms with Crippen LogP contribution in [0.5, 0.6) is 5.75 Å². The molecule has 2 N–H and O–H groups in total. The zero-order valence-electron chi connectivity index (χ0n) is 8.40. The molecule has 1 aromatic rings. The second kappa shape index (κ2) is 5.12. The summed E-state index contributed by atoms with van der Waals surface area (Å²) in [6.07, 6.45) is 1.65. The van der Waals surface area contributed by atoms with Gasteiger partial charge in [-0.2, -0.15) is 0 Å². The van der Waals surface area contributed by atoms with Gasteiger partial charge in [-0.15, -0.1) is 0 Å². The molecular weight excluding hydrogens is 198 g/mol. The fraction of sp³-hybridized carbons (Fsp3) is 0.400. The summed E-state index contributed by atoms with van der Waals surface area (Å²) >= 11 is 0. The van der Waals surface area contributed by atoms with Gasteiger partial charge in [0.05, 0.1) is 7.11 Å². The monoisotopic (exact) mass is 213 g/mol. The molecule has 78 valence electrons. The van der Waals surface area contributed by atoms with Crippen molar-refractivity contribution in [3.63, 3.8) is 0 Å². The van der Waals surface area contributed by atoms with Gasteiger partial charge in [0.2, 0.25) is 0 Å². The van der Waals surface area contributed by atoms with Gasteiger partial charge in [0, 0.05) is 28.9 Å². The smallest absolute Gasteiger partial charge is 0.119 e. The second-order valence-electron chi connectivity index (χ2n) is 3.12. The molecule has 0 heterocycles. The lowest BCUT2D eigenvalue weighted by Gasteiger charge is -2.11. The Hall–Kier alpha value is -0.870. The predicted molar refractivity (Wildman–Crippen MR) is 58.9 cm³/mol. The molecule has 1 rings (SSSR count). The van der Waals surface area contributed by atoms with Crippen molar-refractivity contribution < 1.29 is 8.95 Å². The third-order valence-corrected chi connectivity index (χ3v) is 2.76. The quantitative estimate of drug-likeness (QED) is 0.814. The predicted octanol–water partition coefficient (Wildman–Crippen LogP) is 1.07. The molecule has 0 aliphatic rings. The lowest BCUT2D eigenvalue weighted by Crippen LogP contribution is -2.17. The Morgan fingerprint density at radius 1 is 1.57 bits per heavy atom. The third kappa shape index (κ3) is 3.12. The number of hydrogen-bond acceptors (Lipinski definition) is 3. The molecular formula is C10H15NO2S. The van der Waals surface area contributed by atoms with Crippen molar-refractivity contribution >= 4 is 10.8 Å². The summed E-state index contributed by atoms with van der Waals surface area (Å²) in [5.41, 5.74) is 6.83. The summed E-state index contributed by atoms with van der Waals surface area (Å²) < 4.78 is 16.1. The molecule has 14 heavy (non-hydrogen) atoms. The van der Waals surface area contributed by atoms with Crippen molar-refractivity contribution in [1.82, 2.24) is 0 Å². The molecule has 0 aromatic heterocycles. The van der Waals surface area contributed by atoms with Gasteiger partial charge in [0.15, 0.2) is 0 Å². The average Bonchev–Trinajstić information content (AvgIpc) is 2.17. The minimum atomic E-state index is -0.871. The summed E-state index contributed by atoms with van der Waals surface area (Å²) in [5.74, 6) is 1.26. The summed E-state index contributed by atoms with van der Waals surface area (Å²) in [7, 11) is 0.743. The van der Waals surface area contributed by atoms with Gasteiger partial charge in [-0.25, -0.2) is 0 Å². The molecule has 2 unspecified atom stereocenters. The first kappa shape index (κ1) is 11.2. The van der Waals surface area contributed by atoms with Crippen LogP contribution in [-0.2, 0) is 10.8 Å². The van der Waals surface area contributed by atoms with Gasteiger partial charge >= 0.3 is 0 Å². The van der Waals surface area contributed by atoms with Gasteiger partial charge in [-0.05, 0) is 17.7 Å². The van der Waals surface area contributed by atoms with Crippen LogP contribution in [0.4, 0.5) is 0 Å². The highest BCUT2D eigenvalue weighted by Gasteiger charge is 2.08. The van der Waals surface area contributed by atoms with Crippen LogP contribution in [0.2, 0.25) is 0 Å². The number of nitrogens with two attached hydrogens (primary N) is 1. The number of benzene rings is 1. The average molecular weight is 213 g/mol. The highest BCUT2D eigenvalue weighted by Crippen LogP contribution is 2.17. The number of hydrogen-bond donors (Lipinski definition) is 1. The molecule has 0 saturated carbocycles. The Bertz CT molecular complexity index is 328. The van der Waals surface area contributed by atoms with Crippen molar-refractivity contribution in [2.75, 3.05) is 19.1 Å². The van der Waals surface area contributed by atoms with Crippen molar-refractivity contribution in [3.05, 3.63) is 29.8 Å². The van der Waals surface area contributed by atoms with E-state index in [1.165, 1.54) is 0 Å². The maximum absolute atomic E-state index is 11.0. The molecule has 0 bridgehead atoms. The number of ether oxygens (including phenoxy) is 1. The molecule has 3 nitrogen and oxygen atoms in total. The Labute approximate surface area is 86.7 Å². The SMILES string of the molecule is COc1cccc(C(N)CS(C)=O)c1. The van der Waals surface area contributed by atoms with Crippen LogP contribution in [0.15, 0.2) is 24.3 Å². The molecule has 0 amide bonds. The standard InChI is InChI=1S/C10H15NO2S/c1-13-9-5-3-4-8(6-9)10(11)7-14(2)12/h3-6,10H,7,11H2,1-2H3. The van der Waals surface area contributed by atoms with E-state index in [9.17, 15) is 4.21 Å².